The number of nitrogens with zero attached hydrogens (tertiary/aromatic N) is 2. The van der Waals surface area contributed by atoms with Gasteiger partial charge in [-0.3, -0.25) is 14.7 Å². The first-order valence-corrected chi connectivity index (χ1v) is 15.2. The van der Waals surface area contributed by atoms with Crippen molar-refractivity contribution in [2.45, 2.75) is 69.4 Å². The molecule has 38 heavy (non-hydrogen) atoms. The summed E-state index contributed by atoms with van der Waals surface area (Å²) in [6, 6.07) is 18.7. The number of sulfonamides is 1. The molecule has 0 aliphatic carbocycles. The Hall–Kier alpha value is -2.81. The Balaban J connectivity index is 1.35. The van der Waals surface area contributed by atoms with Gasteiger partial charge in [-0.1, -0.05) is 62.4 Å². The van der Waals surface area contributed by atoms with Crippen LogP contribution in [-0.2, 0) is 21.2 Å². The minimum Gasteiger partial charge on any atom is -0.355 e. The van der Waals surface area contributed by atoms with Crippen LogP contribution >= 0.6 is 0 Å². The van der Waals surface area contributed by atoms with E-state index in [-0.39, 0.29) is 22.9 Å². The lowest BCUT2D eigenvalue weighted by Gasteiger charge is -2.29. The normalized spacial score (nSPS) is 17.2. The number of rotatable bonds is 13. The van der Waals surface area contributed by atoms with Crippen molar-refractivity contribution in [1.29, 1.82) is 0 Å². The highest BCUT2D eigenvalue weighted by atomic mass is 32.2. The fraction of sp³-hybridized carbons (Fsp3) is 0.467. The molecule has 0 unspecified atom stereocenters. The Morgan fingerprint density at radius 2 is 1.84 bits per heavy atom. The standard InChI is InChI=1S/C30H40N4O3S/c1-23(2)21-26(33-38(36,37)28-17-8-14-25-15-9-19-31-29(25)28)22-34-20-10-16-27(34)30(35)32-18-7-6-13-24-11-4-3-5-12-24/h3-5,8-9,11-12,14-15,17,19,23,26-27,33H,6-7,10,13,16,18,20-22H2,1-2H3,(H,32,35)/t26-,27-/m0/s1. The molecule has 3 aromatic rings. The van der Waals surface area contributed by atoms with Crippen molar-refractivity contribution in [3.63, 3.8) is 0 Å². The molecule has 0 radical (unpaired) electrons. The first-order chi connectivity index (χ1) is 18.3. The van der Waals surface area contributed by atoms with Crippen molar-refractivity contribution in [3.8, 4) is 0 Å². The minimum atomic E-state index is -3.79. The number of benzene rings is 2. The van der Waals surface area contributed by atoms with Gasteiger partial charge in [-0.15, -0.1) is 0 Å². The number of aryl methyl sites for hydroxylation is 1. The van der Waals surface area contributed by atoms with Crippen LogP contribution in [0.2, 0.25) is 0 Å². The lowest BCUT2D eigenvalue weighted by molar-refractivity contribution is -0.125. The molecule has 8 heteroatoms. The summed E-state index contributed by atoms with van der Waals surface area (Å²) in [7, 11) is -3.79. The summed E-state index contributed by atoms with van der Waals surface area (Å²) >= 11 is 0. The van der Waals surface area contributed by atoms with Gasteiger partial charge in [0, 0.05) is 30.7 Å². The van der Waals surface area contributed by atoms with Crippen LogP contribution < -0.4 is 10.0 Å². The molecule has 1 amide bonds. The van der Waals surface area contributed by atoms with E-state index < -0.39 is 10.0 Å². The molecule has 0 saturated carbocycles. The summed E-state index contributed by atoms with van der Waals surface area (Å²) in [5.41, 5.74) is 1.79. The molecule has 1 aliphatic rings. The maximum absolute atomic E-state index is 13.5. The molecular formula is C30H40N4O3S. The number of para-hydroxylation sites is 1. The molecule has 0 spiro atoms. The van der Waals surface area contributed by atoms with Gasteiger partial charge in [0.15, 0.2) is 0 Å². The molecule has 0 bridgehead atoms. The third-order valence-electron chi connectivity index (χ3n) is 7.12. The summed E-state index contributed by atoms with van der Waals surface area (Å²) in [4.78, 5) is 19.7. The van der Waals surface area contributed by atoms with Crippen LogP contribution in [0.25, 0.3) is 10.9 Å². The molecule has 1 saturated heterocycles. The summed E-state index contributed by atoms with van der Waals surface area (Å²) in [5.74, 6) is 0.347. The Kier molecular flexibility index (Phi) is 9.88. The van der Waals surface area contributed by atoms with E-state index in [1.54, 1.807) is 24.4 Å². The number of aromatic nitrogens is 1. The molecule has 1 aliphatic heterocycles. The highest BCUT2D eigenvalue weighted by Gasteiger charge is 2.33. The number of unbranched alkanes of at least 4 members (excludes halogenated alkanes) is 1. The van der Waals surface area contributed by atoms with Gasteiger partial charge < -0.3 is 5.32 Å². The van der Waals surface area contributed by atoms with Gasteiger partial charge >= 0.3 is 0 Å². The van der Waals surface area contributed by atoms with E-state index in [0.717, 1.165) is 44.0 Å². The van der Waals surface area contributed by atoms with E-state index in [1.165, 1.54) is 5.56 Å². The topological polar surface area (TPSA) is 91.4 Å². The predicted octanol–water partition coefficient (Wildman–Crippen LogP) is 4.53. The van der Waals surface area contributed by atoms with Gasteiger partial charge in [0.25, 0.3) is 0 Å². The van der Waals surface area contributed by atoms with Crippen LogP contribution in [0.5, 0.6) is 0 Å². The molecule has 1 aromatic heterocycles. The lowest BCUT2D eigenvalue weighted by atomic mass is 10.0. The first kappa shape index (κ1) is 28.2. The van der Waals surface area contributed by atoms with Crippen LogP contribution in [-0.4, -0.2) is 55.9 Å². The minimum absolute atomic E-state index is 0.0478. The summed E-state index contributed by atoms with van der Waals surface area (Å²) in [6.07, 6.45) is 6.99. The molecular weight excluding hydrogens is 496 g/mol. The fourth-order valence-corrected chi connectivity index (χ4v) is 6.78. The number of likely N-dealkylation sites (tertiary alicyclic amines) is 1. The number of hydrogen-bond donors (Lipinski definition) is 2. The van der Waals surface area contributed by atoms with E-state index in [2.05, 4.69) is 58.0 Å². The number of fused-ring (bicyclic) bond motifs is 1. The highest BCUT2D eigenvalue weighted by molar-refractivity contribution is 7.89. The zero-order valence-corrected chi connectivity index (χ0v) is 23.3. The third kappa shape index (κ3) is 7.62. The van der Waals surface area contributed by atoms with Crippen LogP contribution in [0.4, 0.5) is 0 Å². The Morgan fingerprint density at radius 3 is 2.63 bits per heavy atom. The highest BCUT2D eigenvalue weighted by Crippen LogP contribution is 2.23. The second-order valence-electron chi connectivity index (χ2n) is 10.7. The molecule has 4 rings (SSSR count). The largest absolute Gasteiger partial charge is 0.355 e. The quantitative estimate of drug-likeness (QED) is 0.313. The Bertz CT molecular complexity index is 1290. The second-order valence-corrected chi connectivity index (χ2v) is 12.3. The molecule has 2 heterocycles. The van der Waals surface area contributed by atoms with Crippen molar-refractivity contribution in [1.82, 2.24) is 19.9 Å². The van der Waals surface area contributed by atoms with Crippen LogP contribution in [0, 0.1) is 5.92 Å². The molecule has 2 atom stereocenters. The summed E-state index contributed by atoms with van der Waals surface area (Å²) in [5, 5.41) is 3.91. The van der Waals surface area contributed by atoms with Crippen molar-refractivity contribution in [3.05, 3.63) is 72.4 Å². The summed E-state index contributed by atoms with van der Waals surface area (Å²) < 4.78 is 29.9. The van der Waals surface area contributed by atoms with Crippen molar-refractivity contribution in [2.75, 3.05) is 19.6 Å². The SMILES string of the molecule is CC(C)C[C@@H](CN1CCC[C@H]1C(=O)NCCCCc1ccccc1)NS(=O)(=O)c1cccc2cccnc12. The number of carbonyl (C=O) groups excluding carboxylic acids is 1. The zero-order valence-electron chi connectivity index (χ0n) is 22.5. The average molecular weight is 537 g/mol. The third-order valence-corrected chi connectivity index (χ3v) is 8.67. The van der Waals surface area contributed by atoms with Gasteiger partial charge in [-0.2, -0.15) is 0 Å². The van der Waals surface area contributed by atoms with E-state index in [1.807, 2.05) is 18.2 Å². The van der Waals surface area contributed by atoms with Crippen LogP contribution in [0.15, 0.2) is 71.8 Å². The summed E-state index contributed by atoms with van der Waals surface area (Å²) in [6.45, 7) is 6.13. The number of amides is 1. The van der Waals surface area contributed by atoms with Gasteiger partial charge in [0.2, 0.25) is 15.9 Å². The smallest absolute Gasteiger partial charge is 0.243 e. The molecule has 7 nitrogen and oxygen atoms in total. The van der Waals surface area contributed by atoms with Gasteiger partial charge in [-0.25, -0.2) is 13.1 Å². The van der Waals surface area contributed by atoms with Crippen molar-refractivity contribution in [2.24, 2.45) is 5.92 Å². The maximum atomic E-state index is 13.5. The lowest BCUT2D eigenvalue weighted by Crippen LogP contribution is -2.50. The first-order valence-electron chi connectivity index (χ1n) is 13.8. The van der Waals surface area contributed by atoms with E-state index in [4.69, 9.17) is 0 Å². The number of pyridine rings is 1. The monoisotopic (exact) mass is 536 g/mol. The maximum Gasteiger partial charge on any atom is 0.243 e. The Labute approximate surface area is 227 Å². The number of carbonyl (C=O) groups is 1. The van der Waals surface area contributed by atoms with Gasteiger partial charge in [0.1, 0.15) is 4.90 Å². The average Bonchev–Trinajstić information content (AvgIpc) is 3.36. The van der Waals surface area contributed by atoms with E-state index >= 15 is 0 Å². The van der Waals surface area contributed by atoms with Crippen LogP contribution in [0.1, 0.15) is 51.5 Å². The van der Waals surface area contributed by atoms with Gasteiger partial charge in [0.05, 0.1) is 11.6 Å². The van der Waals surface area contributed by atoms with Crippen molar-refractivity contribution < 1.29 is 13.2 Å². The second kappa shape index (κ2) is 13.3. The van der Waals surface area contributed by atoms with Gasteiger partial charge in [-0.05, 0) is 68.7 Å². The van der Waals surface area contributed by atoms with Crippen LogP contribution in [0.3, 0.4) is 0 Å². The van der Waals surface area contributed by atoms with E-state index in [0.29, 0.717) is 30.9 Å². The fourth-order valence-electron chi connectivity index (χ4n) is 5.36. The van der Waals surface area contributed by atoms with Crippen molar-refractivity contribution >= 4 is 26.8 Å². The van der Waals surface area contributed by atoms with E-state index in [9.17, 15) is 13.2 Å². The number of hydrogen-bond acceptors (Lipinski definition) is 5. The molecule has 204 valence electrons. The molecule has 2 aromatic carbocycles. The number of nitrogens with one attached hydrogen (secondary N) is 2. The molecule has 2 N–H and O–H groups in total. The molecule has 1 fully saturated rings. The zero-order chi connectivity index (χ0) is 27.0. The Morgan fingerprint density at radius 1 is 1.05 bits per heavy atom. The predicted molar refractivity (Wildman–Crippen MR) is 152 cm³/mol.